The van der Waals surface area contributed by atoms with Gasteiger partial charge >= 0.3 is 0 Å². The van der Waals surface area contributed by atoms with Crippen LogP contribution in [-0.4, -0.2) is 12.6 Å². The first-order valence-electron chi connectivity index (χ1n) is 7.58. The minimum absolute atomic E-state index is 0.523. The molecule has 2 rings (SSSR count). The highest BCUT2D eigenvalue weighted by molar-refractivity contribution is 5.47. The number of ether oxygens (including phenoxy) is 1. The molecule has 106 valence electrons. The van der Waals surface area contributed by atoms with Crippen molar-refractivity contribution in [1.82, 2.24) is 0 Å². The minimum Gasteiger partial charge on any atom is -0.494 e. The third-order valence-electron chi connectivity index (χ3n) is 4.11. The summed E-state index contributed by atoms with van der Waals surface area (Å²) in [4.78, 5) is 0. The third kappa shape index (κ3) is 4.45. The Hall–Kier alpha value is -1.18. The second-order valence-electron chi connectivity index (χ2n) is 6.39. The molecule has 1 aromatic rings. The molecule has 19 heavy (non-hydrogen) atoms. The lowest BCUT2D eigenvalue weighted by Crippen LogP contribution is -2.19. The van der Waals surface area contributed by atoms with Gasteiger partial charge in [-0.25, -0.2) is 0 Å². The van der Waals surface area contributed by atoms with E-state index in [-0.39, 0.29) is 0 Å². The van der Waals surface area contributed by atoms with E-state index in [0.29, 0.717) is 11.5 Å². The van der Waals surface area contributed by atoms with E-state index >= 15 is 0 Å². The SMILES string of the molecule is CCOc1ccc(NC2CCCC(C)(C)CC2)cc1. The summed E-state index contributed by atoms with van der Waals surface area (Å²) >= 11 is 0. The van der Waals surface area contributed by atoms with E-state index in [1.54, 1.807) is 0 Å². The number of rotatable bonds is 4. The summed E-state index contributed by atoms with van der Waals surface area (Å²) in [6.45, 7) is 7.53. The second-order valence-corrected chi connectivity index (χ2v) is 6.39. The molecule has 1 unspecified atom stereocenters. The van der Waals surface area contributed by atoms with Crippen LogP contribution in [0.2, 0.25) is 0 Å². The van der Waals surface area contributed by atoms with Gasteiger partial charge in [-0.05, 0) is 62.3 Å². The zero-order chi connectivity index (χ0) is 13.7. The molecular weight excluding hydrogens is 234 g/mol. The maximum atomic E-state index is 5.47. The fourth-order valence-corrected chi connectivity index (χ4v) is 2.86. The lowest BCUT2D eigenvalue weighted by Gasteiger charge is -2.22. The summed E-state index contributed by atoms with van der Waals surface area (Å²) in [7, 11) is 0. The van der Waals surface area contributed by atoms with Crippen molar-refractivity contribution in [1.29, 1.82) is 0 Å². The average Bonchev–Trinajstić information content (AvgIpc) is 2.54. The van der Waals surface area contributed by atoms with Gasteiger partial charge < -0.3 is 10.1 Å². The molecule has 2 heteroatoms. The number of anilines is 1. The Bertz CT molecular complexity index is 383. The minimum atomic E-state index is 0.523. The molecule has 1 fully saturated rings. The van der Waals surface area contributed by atoms with Gasteiger partial charge in [-0.1, -0.05) is 20.3 Å². The highest BCUT2D eigenvalue weighted by Crippen LogP contribution is 2.34. The molecule has 1 N–H and O–H groups in total. The Morgan fingerprint density at radius 1 is 1.16 bits per heavy atom. The molecule has 1 aromatic carbocycles. The third-order valence-corrected chi connectivity index (χ3v) is 4.11. The fourth-order valence-electron chi connectivity index (χ4n) is 2.86. The smallest absolute Gasteiger partial charge is 0.119 e. The monoisotopic (exact) mass is 261 g/mol. The zero-order valence-electron chi connectivity index (χ0n) is 12.5. The van der Waals surface area contributed by atoms with E-state index in [4.69, 9.17) is 4.74 Å². The normalized spacial score (nSPS) is 22.6. The van der Waals surface area contributed by atoms with Crippen molar-refractivity contribution in [2.24, 2.45) is 5.41 Å². The Balaban J connectivity index is 1.90. The van der Waals surface area contributed by atoms with Gasteiger partial charge in [0.2, 0.25) is 0 Å². The molecule has 0 bridgehead atoms. The molecule has 1 aliphatic rings. The summed E-state index contributed by atoms with van der Waals surface area (Å²) < 4.78 is 5.47. The summed E-state index contributed by atoms with van der Waals surface area (Å²) in [5, 5.41) is 3.67. The number of benzene rings is 1. The van der Waals surface area contributed by atoms with Crippen LogP contribution < -0.4 is 10.1 Å². The Morgan fingerprint density at radius 2 is 1.89 bits per heavy atom. The van der Waals surface area contributed by atoms with Crippen LogP contribution in [0.4, 0.5) is 5.69 Å². The van der Waals surface area contributed by atoms with Gasteiger partial charge in [0.15, 0.2) is 0 Å². The molecular formula is C17H27NO. The molecule has 0 aliphatic heterocycles. The molecule has 0 saturated heterocycles. The van der Waals surface area contributed by atoms with Gasteiger partial charge in [-0.2, -0.15) is 0 Å². The van der Waals surface area contributed by atoms with Crippen LogP contribution in [0.5, 0.6) is 5.75 Å². The highest BCUT2D eigenvalue weighted by atomic mass is 16.5. The molecule has 1 aliphatic carbocycles. The molecule has 2 nitrogen and oxygen atoms in total. The summed E-state index contributed by atoms with van der Waals surface area (Å²) in [5.74, 6) is 0.954. The summed E-state index contributed by atoms with van der Waals surface area (Å²) in [6, 6.07) is 8.97. The van der Waals surface area contributed by atoms with Gasteiger partial charge in [-0.15, -0.1) is 0 Å². The fraction of sp³-hybridized carbons (Fsp3) is 0.647. The van der Waals surface area contributed by atoms with Crippen LogP contribution in [0, 0.1) is 5.41 Å². The van der Waals surface area contributed by atoms with Crippen molar-refractivity contribution in [3.05, 3.63) is 24.3 Å². The lowest BCUT2D eigenvalue weighted by molar-refractivity contribution is 0.313. The van der Waals surface area contributed by atoms with Gasteiger partial charge in [-0.3, -0.25) is 0 Å². The Morgan fingerprint density at radius 3 is 2.58 bits per heavy atom. The highest BCUT2D eigenvalue weighted by Gasteiger charge is 2.24. The van der Waals surface area contributed by atoms with Crippen molar-refractivity contribution in [3.8, 4) is 5.75 Å². The van der Waals surface area contributed by atoms with E-state index in [0.717, 1.165) is 12.4 Å². The van der Waals surface area contributed by atoms with Crippen LogP contribution in [0.15, 0.2) is 24.3 Å². The van der Waals surface area contributed by atoms with Crippen LogP contribution in [0.25, 0.3) is 0 Å². The van der Waals surface area contributed by atoms with Gasteiger partial charge in [0.1, 0.15) is 5.75 Å². The Kier molecular flexibility index (Phi) is 4.73. The molecule has 1 atom stereocenters. The predicted molar refractivity (Wildman–Crippen MR) is 81.9 cm³/mol. The van der Waals surface area contributed by atoms with Gasteiger partial charge in [0.05, 0.1) is 6.61 Å². The zero-order valence-corrected chi connectivity index (χ0v) is 12.5. The van der Waals surface area contributed by atoms with Crippen molar-refractivity contribution in [3.63, 3.8) is 0 Å². The maximum absolute atomic E-state index is 5.47. The largest absolute Gasteiger partial charge is 0.494 e. The number of hydrogen-bond donors (Lipinski definition) is 1. The van der Waals surface area contributed by atoms with E-state index in [9.17, 15) is 0 Å². The molecule has 0 amide bonds. The van der Waals surface area contributed by atoms with E-state index in [1.807, 2.05) is 19.1 Å². The topological polar surface area (TPSA) is 21.3 Å². The molecule has 0 radical (unpaired) electrons. The predicted octanol–water partition coefficient (Wildman–Crippen LogP) is 4.86. The number of hydrogen-bond acceptors (Lipinski definition) is 2. The molecule has 0 heterocycles. The standard InChI is InChI=1S/C17H27NO/c1-4-19-16-9-7-15(8-10-16)18-14-6-5-12-17(2,3)13-11-14/h7-10,14,18H,4-6,11-13H2,1-3H3. The van der Waals surface area contributed by atoms with Crippen LogP contribution in [0.1, 0.15) is 52.9 Å². The summed E-state index contributed by atoms with van der Waals surface area (Å²) in [6.07, 6.45) is 6.58. The first-order chi connectivity index (χ1) is 9.09. The van der Waals surface area contributed by atoms with Crippen molar-refractivity contribution < 1.29 is 4.74 Å². The maximum Gasteiger partial charge on any atom is 0.119 e. The first-order valence-corrected chi connectivity index (χ1v) is 7.58. The molecule has 1 saturated carbocycles. The van der Waals surface area contributed by atoms with Crippen LogP contribution in [-0.2, 0) is 0 Å². The quantitative estimate of drug-likeness (QED) is 0.782. The average molecular weight is 261 g/mol. The second kappa shape index (κ2) is 6.31. The van der Waals surface area contributed by atoms with Crippen LogP contribution >= 0.6 is 0 Å². The van der Waals surface area contributed by atoms with E-state index in [2.05, 4.69) is 31.3 Å². The molecule has 0 aromatic heterocycles. The summed E-state index contributed by atoms with van der Waals surface area (Å²) in [5.41, 5.74) is 1.74. The lowest BCUT2D eigenvalue weighted by atomic mass is 9.85. The van der Waals surface area contributed by atoms with Gasteiger partial charge in [0.25, 0.3) is 0 Å². The van der Waals surface area contributed by atoms with Crippen molar-refractivity contribution in [2.75, 3.05) is 11.9 Å². The van der Waals surface area contributed by atoms with Crippen molar-refractivity contribution in [2.45, 2.75) is 58.9 Å². The first kappa shape index (κ1) is 14.2. The van der Waals surface area contributed by atoms with Crippen LogP contribution in [0.3, 0.4) is 0 Å². The molecule has 0 spiro atoms. The van der Waals surface area contributed by atoms with Gasteiger partial charge in [0, 0.05) is 11.7 Å². The van der Waals surface area contributed by atoms with E-state index in [1.165, 1.54) is 37.8 Å². The number of nitrogens with one attached hydrogen (secondary N) is 1. The van der Waals surface area contributed by atoms with Crippen molar-refractivity contribution >= 4 is 5.69 Å². The van der Waals surface area contributed by atoms with E-state index < -0.39 is 0 Å². The Labute approximate surface area is 117 Å².